The highest BCUT2D eigenvalue weighted by Crippen LogP contribution is 2.15. The molecule has 1 aromatic carbocycles. The number of benzene rings is 1. The Morgan fingerprint density at radius 2 is 2.06 bits per heavy atom. The van der Waals surface area contributed by atoms with Gasteiger partial charge in [0.1, 0.15) is 6.10 Å². The van der Waals surface area contributed by atoms with Crippen molar-refractivity contribution in [2.45, 2.75) is 26.4 Å². The number of nitro groups is 1. The van der Waals surface area contributed by atoms with Gasteiger partial charge in [0.2, 0.25) is 0 Å². The van der Waals surface area contributed by atoms with Crippen molar-refractivity contribution in [2.24, 2.45) is 0 Å². The normalized spacial score (nSPS) is 11.6. The molecule has 0 saturated carbocycles. The van der Waals surface area contributed by atoms with Gasteiger partial charge in [0.15, 0.2) is 0 Å². The van der Waals surface area contributed by atoms with Crippen molar-refractivity contribution < 1.29 is 14.5 Å². The molecule has 1 N–H and O–H groups in total. The second-order valence-corrected chi connectivity index (χ2v) is 3.55. The predicted molar refractivity (Wildman–Crippen MR) is 63.0 cm³/mol. The Hall–Kier alpha value is -2.11. The molecular weight excluding hydrogens is 224 g/mol. The summed E-state index contributed by atoms with van der Waals surface area (Å²) in [6.07, 6.45) is 0.00878. The first-order valence-corrected chi connectivity index (χ1v) is 5.25. The lowest BCUT2D eigenvalue weighted by atomic mass is 10.3. The molecule has 92 valence electrons. The van der Waals surface area contributed by atoms with Gasteiger partial charge in [-0.05, 0) is 25.5 Å². The van der Waals surface area contributed by atoms with Gasteiger partial charge in [-0.1, -0.05) is 6.92 Å². The summed E-state index contributed by atoms with van der Waals surface area (Å²) in [5.74, 6) is 0. The number of non-ortho nitro benzene ring substituents is 1. The maximum atomic E-state index is 11.3. The number of rotatable bonds is 4. The number of anilines is 1. The Labute approximate surface area is 98.7 Å². The zero-order valence-electron chi connectivity index (χ0n) is 9.67. The first kappa shape index (κ1) is 13.0. The first-order chi connectivity index (χ1) is 8.02. The van der Waals surface area contributed by atoms with Crippen LogP contribution in [0.25, 0.3) is 0 Å². The van der Waals surface area contributed by atoms with E-state index >= 15 is 0 Å². The molecule has 0 aliphatic rings. The topological polar surface area (TPSA) is 81.5 Å². The lowest BCUT2D eigenvalue weighted by Crippen LogP contribution is -2.19. The molecule has 1 amide bonds. The zero-order valence-corrected chi connectivity index (χ0v) is 9.67. The monoisotopic (exact) mass is 238 g/mol. The van der Waals surface area contributed by atoms with Crippen molar-refractivity contribution in [3.63, 3.8) is 0 Å². The molecule has 6 nitrogen and oxygen atoms in total. The van der Waals surface area contributed by atoms with E-state index in [1.165, 1.54) is 24.3 Å². The molecule has 17 heavy (non-hydrogen) atoms. The number of nitrogens with one attached hydrogen (secondary N) is 1. The second-order valence-electron chi connectivity index (χ2n) is 3.55. The first-order valence-electron chi connectivity index (χ1n) is 5.25. The molecule has 1 atom stereocenters. The van der Waals surface area contributed by atoms with Gasteiger partial charge < -0.3 is 4.74 Å². The van der Waals surface area contributed by atoms with Crippen molar-refractivity contribution in [3.05, 3.63) is 34.4 Å². The van der Waals surface area contributed by atoms with Gasteiger partial charge in [-0.25, -0.2) is 4.79 Å². The Balaban J connectivity index is 2.57. The van der Waals surface area contributed by atoms with Gasteiger partial charge in [0.25, 0.3) is 5.69 Å². The molecule has 1 aromatic rings. The molecule has 0 saturated heterocycles. The van der Waals surface area contributed by atoms with Gasteiger partial charge in [-0.15, -0.1) is 0 Å². The third kappa shape index (κ3) is 4.10. The maximum absolute atomic E-state index is 11.3. The summed E-state index contributed by atoms with van der Waals surface area (Å²) in [5, 5.41) is 12.9. The minimum Gasteiger partial charge on any atom is -0.446 e. The fraction of sp³-hybridized carbons (Fsp3) is 0.364. The Bertz CT molecular complexity index is 402. The predicted octanol–water partition coefficient (Wildman–Crippen LogP) is 2.94. The zero-order chi connectivity index (χ0) is 12.8. The summed E-state index contributed by atoms with van der Waals surface area (Å²) in [7, 11) is 0. The average Bonchev–Trinajstić information content (AvgIpc) is 2.29. The van der Waals surface area contributed by atoms with E-state index in [-0.39, 0.29) is 11.8 Å². The minimum absolute atomic E-state index is 0.0224. The number of hydrogen-bond donors (Lipinski definition) is 1. The number of nitrogens with zero attached hydrogens (tertiary/aromatic N) is 1. The van der Waals surface area contributed by atoms with Crippen LogP contribution < -0.4 is 5.32 Å². The molecule has 0 aromatic heterocycles. The number of amides is 1. The van der Waals surface area contributed by atoms with Crippen molar-refractivity contribution in [3.8, 4) is 0 Å². The molecule has 0 aliphatic carbocycles. The van der Waals surface area contributed by atoms with E-state index in [0.29, 0.717) is 5.69 Å². The van der Waals surface area contributed by atoms with Gasteiger partial charge in [0.05, 0.1) is 4.92 Å². The quantitative estimate of drug-likeness (QED) is 0.645. The van der Waals surface area contributed by atoms with Gasteiger partial charge in [-0.3, -0.25) is 15.4 Å². The SMILES string of the molecule is CCC(C)OC(=O)Nc1ccc([N+](=O)[O-])cc1. The van der Waals surface area contributed by atoms with Crippen molar-refractivity contribution in [2.75, 3.05) is 5.32 Å². The average molecular weight is 238 g/mol. The van der Waals surface area contributed by atoms with Crippen LogP contribution in [0.15, 0.2) is 24.3 Å². The molecular formula is C11H14N2O4. The molecule has 0 spiro atoms. The molecule has 0 aliphatic heterocycles. The maximum Gasteiger partial charge on any atom is 0.411 e. The van der Waals surface area contributed by atoms with Crippen molar-refractivity contribution >= 4 is 17.5 Å². The van der Waals surface area contributed by atoms with Gasteiger partial charge >= 0.3 is 6.09 Å². The molecule has 6 heteroatoms. The second kappa shape index (κ2) is 5.83. The Kier molecular flexibility index (Phi) is 4.45. The van der Waals surface area contributed by atoms with Gasteiger partial charge in [-0.2, -0.15) is 0 Å². The van der Waals surface area contributed by atoms with Gasteiger partial charge in [0, 0.05) is 17.8 Å². The Morgan fingerprint density at radius 3 is 2.53 bits per heavy atom. The molecule has 0 heterocycles. The third-order valence-electron chi connectivity index (χ3n) is 2.21. The van der Waals surface area contributed by atoms with Crippen LogP contribution >= 0.6 is 0 Å². The lowest BCUT2D eigenvalue weighted by molar-refractivity contribution is -0.384. The van der Waals surface area contributed by atoms with Crippen LogP contribution in [-0.4, -0.2) is 17.1 Å². The van der Waals surface area contributed by atoms with Crippen LogP contribution in [0.2, 0.25) is 0 Å². The van der Waals surface area contributed by atoms with Crippen molar-refractivity contribution in [1.29, 1.82) is 0 Å². The number of carbonyl (C=O) groups excluding carboxylic acids is 1. The van der Waals surface area contributed by atoms with E-state index < -0.39 is 11.0 Å². The highest BCUT2D eigenvalue weighted by atomic mass is 16.6. The summed E-state index contributed by atoms with van der Waals surface area (Å²) in [5.41, 5.74) is 0.440. The van der Waals surface area contributed by atoms with Crippen LogP contribution in [-0.2, 0) is 4.74 Å². The Morgan fingerprint density at radius 1 is 1.47 bits per heavy atom. The molecule has 1 rings (SSSR count). The number of carbonyl (C=O) groups is 1. The van der Waals surface area contributed by atoms with Crippen LogP contribution in [0.5, 0.6) is 0 Å². The smallest absolute Gasteiger partial charge is 0.411 e. The number of ether oxygens (including phenoxy) is 1. The van der Waals surface area contributed by atoms with E-state index in [1.54, 1.807) is 6.92 Å². The van der Waals surface area contributed by atoms with Crippen LogP contribution in [0, 0.1) is 10.1 Å². The molecule has 1 unspecified atom stereocenters. The van der Waals surface area contributed by atoms with Crippen molar-refractivity contribution in [1.82, 2.24) is 0 Å². The number of hydrogen-bond acceptors (Lipinski definition) is 4. The molecule has 0 fully saturated rings. The summed E-state index contributed by atoms with van der Waals surface area (Å²) < 4.78 is 5.00. The summed E-state index contributed by atoms with van der Waals surface area (Å²) in [4.78, 5) is 21.2. The van der Waals surface area contributed by atoms with Crippen LogP contribution in [0.3, 0.4) is 0 Å². The summed E-state index contributed by atoms with van der Waals surface area (Å²) in [6.45, 7) is 3.69. The highest BCUT2D eigenvalue weighted by molar-refractivity contribution is 5.84. The number of nitro benzene ring substituents is 1. The van der Waals surface area contributed by atoms with E-state index in [1.807, 2.05) is 6.92 Å². The summed E-state index contributed by atoms with van der Waals surface area (Å²) >= 11 is 0. The summed E-state index contributed by atoms with van der Waals surface area (Å²) in [6, 6.07) is 5.55. The van der Waals surface area contributed by atoms with Crippen LogP contribution in [0.1, 0.15) is 20.3 Å². The van der Waals surface area contributed by atoms with Crippen LogP contribution in [0.4, 0.5) is 16.2 Å². The van der Waals surface area contributed by atoms with E-state index in [4.69, 9.17) is 4.74 Å². The van der Waals surface area contributed by atoms with E-state index in [2.05, 4.69) is 5.32 Å². The van der Waals surface area contributed by atoms with E-state index in [0.717, 1.165) is 6.42 Å². The lowest BCUT2D eigenvalue weighted by Gasteiger charge is -2.11. The highest BCUT2D eigenvalue weighted by Gasteiger charge is 2.09. The molecule has 0 bridgehead atoms. The standard InChI is InChI=1S/C11H14N2O4/c1-3-8(2)17-11(14)12-9-4-6-10(7-5-9)13(15)16/h4-8H,3H2,1-2H3,(H,12,14). The fourth-order valence-corrected chi connectivity index (χ4v) is 1.08. The third-order valence-corrected chi connectivity index (χ3v) is 2.21. The van der Waals surface area contributed by atoms with E-state index in [9.17, 15) is 14.9 Å². The fourth-order valence-electron chi connectivity index (χ4n) is 1.08. The minimum atomic E-state index is -0.562. The molecule has 0 radical (unpaired) electrons. The largest absolute Gasteiger partial charge is 0.446 e.